The highest BCUT2D eigenvalue weighted by molar-refractivity contribution is 6.25. The van der Waals surface area contributed by atoms with Crippen molar-refractivity contribution in [2.45, 2.75) is 0 Å². The molecule has 8 aromatic carbocycles. The number of rotatable bonds is 2. The first-order valence-corrected chi connectivity index (χ1v) is 13.4. The van der Waals surface area contributed by atoms with Crippen LogP contribution in [0, 0.1) is 0 Å². The van der Waals surface area contributed by atoms with Gasteiger partial charge in [0.1, 0.15) is 11.2 Å². The molecule has 0 fully saturated rings. The van der Waals surface area contributed by atoms with Crippen LogP contribution in [0.3, 0.4) is 0 Å². The minimum absolute atomic E-state index is 0.925. The molecule has 0 amide bonds. The van der Waals surface area contributed by atoms with E-state index in [1.165, 1.54) is 65.3 Å². The number of furan rings is 1. The predicted octanol–water partition coefficient (Wildman–Crippen LogP) is 11.0. The van der Waals surface area contributed by atoms with Crippen LogP contribution in [0.1, 0.15) is 0 Å². The average Bonchev–Trinajstić information content (AvgIpc) is 3.35. The molecule has 0 aliphatic rings. The van der Waals surface area contributed by atoms with Crippen LogP contribution in [-0.2, 0) is 0 Å². The van der Waals surface area contributed by atoms with Crippen molar-refractivity contribution in [1.29, 1.82) is 0 Å². The van der Waals surface area contributed by atoms with Crippen molar-refractivity contribution in [3.63, 3.8) is 0 Å². The van der Waals surface area contributed by atoms with Crippen LogP contribution in [-0.4, -0.2) is 0 Å². The van der Waals surface area contributed by atoms with E-state index in [1.54, 1.807) is 0 Å². The molecule has 1 heteroatoms. The van der Waals surface area contributed by atoms with Gasteiger partial charge in [-0.15, -0.1) is 0 Å². The average molecular weight is 495 g/mol. The molecule has 1 aromatic heterocycles. The standard InChI is InChI=1S/C38H22O/c1-2-5-29-22-36-34(20-28(29)4-1)33-21-30(16-19-35(33)39-36)23-8-10-24(11-9-23)31-17-14-27-13-12-25-6-3-7-26-15-18-32(31)38(27)37(25)26/h1-22H. The third kappa shape index (κ3) is 3.02. The second-order valence-corrected chi connectivity index (χ2v) is 10.6. The van der Waals surface area contributed by atoms with Crippen molar-refractivity contribution in [1.82, 2.24) is 0 Å². The van der Waals surface area contributed by atoms with Crippen molar-refractivity contribution < 1.29 is 4.42 Å². The molecule has 0 radical (unpaired) electrons. The second kappa shape index (κ2) is 7.69. The normalized spacial score (nSPS) is 12.1. The van der Waals surface area contributed by atoms with Crippen LogP contribution in [0.2, 0.25) is 0 Å². The van der Waals surface area contributed by atoms with Gasteiger partial charge in [-0.25, -0.2) is 0 Å². The molecule has 0 saturated carbocycles. The van der Waals surface area contributed by atoms with E-state index in [0.29, 0.717) is 0 Å². The number of hydrogen-bond donors (Lipinski definition) is 0. The molecule has 0 aliphatic carbocycles. The molecule has 1 nitrogen and oxygen atoms in total. The van der Waals surface area contributed by atoms with E-state index in [-0.39, 0.29) is 0 Å². The number of fused-ring (bicyclic) bond motifs is 4. The molecule has 180 valence electrons. The summed E-state index contributed by atoms with van der Waals surface area (Å²) in [6.07, 6.45) is 0. The Kier molecular flexibility index (Phi) is 4.11. The summed E-state index contributed by atoms with van der Waals surface area (Å²) >= 11 is 0. The third-order valence-corrected chi connectivity index (χ3v) is 8.40. The summed E-state index contributed by atoms with van der Waals surface area (Å²) in [4.78, 5) is 0. The Morgan fingerprint density at radius 1 is 0.333 bits per heavy atom. The van der Waals surface area contributed by atoms with Gasteiger partial charge >= 0.3 is 0 Å². The quantitative estimate of drug-likeness (QED) is 0.218. The molecular weight excluding hydrogens is 472 g/mol. The summed E-state index contributed by atoms with van der Waals surface area (Å²) in [5.41, 5.74) is 6.77. The van der Waals surface area contributed by atoms with Crippen molar-refractivity contribution >= 4 is 65.0 Å². The maximum Gasteiger partial charge on any atom is 0.136 e. The van der Waals surface area contributed by atoms with Crippen molar-refractivity contribution in [2.75, 3.05) is 0 Å². The highest BCUT2D eigenvalue weighted by Gasteiger charge is 2.13. The lowest BCUT2D eigenvalue weighted by molar-refractivity contribution is 0.669. The summed E-state index contributed by atoms with van der Waals surface area (Å²) in [7, 11) is 0. The Hall–Kier alpha value is -5.14. The lowest BCUT2D eigenvalue weighted by Crippen LogP contribution is -1.87. The minimum atomic E-state index is 0.925. The zero-order valence-corrected chi connectivity index (χ0v) is 21.1. The van der Waals surface area contributed by atoms with Crippen molar-refractivity contribution in [2.24, 2.45) is 0 Å². The maximum absolute atomic E-state index is 6.22. The Bertz CT molecular complexity index is 2350. The molecule has 1 heterocycles. The monoisotopic (exact) mass is 494 g/mol. The molecule has 39 heavy (non-hydrogen) atoms. The van der Waals surface area contributed by atoms with E-state index in [9.17, 15) is 0 Å². The zero-order valence-electron chi connectivity index (χ0n) is 21.1. The van der Waals surface area contributed by atoms with Gasteiger partial charge in [0.25, 0.3) is 0 Å². The van der Waals surface area contributed by atoms with Gasteiger partial charge in [-0.3, -0.25) is 0 Å². The molecule has 9 rings (SSSR count). The number of benzene rings is 8. The summed E-state index contributed by atoms with van der Waals surface area (Å²) in [5, 5.41) is 12.7. The smallest absolute Gasteiger partial charge is 0.136 e. The fourth-order valence-electron chi connectivity index (χ4n) is 6.47. The fourth-order valence-corrected chi connectivity index (χ4v) is 6.47. The van der Waals surface area contributed by atoms with Gasteiger partial charge in [-0.2, -0.15) is 0 Å². The van der Waals surface area contributed by atoms with E-state index in [2.05, 4.69) is 133 Å². The molecule has 0 unspecified atom stereocenters. The van der Waals surface area contributed by atoms with Crippen molar-refractivity contribution in [3.05, 3.63) is 133 Å². The second-order valence-electron chi connectivity index (χ2n) is 10.6. The van der Waals surface area contributed by atoms with Gasteiger partial charge in [0, 0.05) is 10.8 Å². The van der Waals surface area contributed by atoms with Gasteiger partial charge < -0.3 is 4.42 Å². The van der Waals surface area contributed by atoms with E-state index >= 15 is 0 Å². The Morgan fingerprint density at radius 2 is 0.949 bits per heavy atom. The van der Waals surface area contributed by atoms with E-state index in [1.807, 2.05) is 0 Å². The molecule has 0 atom stereocenters. The molecule has 9 aromatic rings. The van der Waals surface area contributed by atoms with E-state index < -0.39 is 0 Å². The first kappa shape index (κ1) is 20.9. The van der Waals surface area contributed by atoms with E-state index in [0.717, 1.165) is 21.9 Å². The van der Waals surface area contributed by atoms with Gasteiger partial charge in [0.2, 0.25) is 0 Å². The molecular formula is C38H22O. The molecule has 0 aliphatic heterocycles. The van der Waals surface area contributed by atoms with Crippen LogP contribution < -0.4 is 0 Å². The van der Waals surface area contributed by atoms with Gasteiger partial charge in [0.05, 0.1) is 0 Å². The highest BCUT2D eigenvalue weighted by Crippen LogP contribution is 2.40. The summed E-state index contributed by atoms with van der Waals surface area (Å²) in [6.45, 7) is 0. The fraction of sp³-hybridized carbons (Fsp3) is 0. The maximum atomic E-state index is 6.22. The first-order chi connectivity index (χ1) is 19.3. The molecule has 0 N–H and O–H groups in total. The topological polar surface area (TPSA) is 13.1 Å². The first-order valence-electron chi connectivity index (χ1n) is 13.4. The Balaban J connectivity index is 1.17. The van der Waals surface area contributed by atoms with E-state index in [4.69, 9.17) is 4.42 Å². The van der Waals surface area contributed by atoms with Crippen LogP contribution in [0.5, 0.6) is 0 Å². The van der Waals surface area contributed by atoms with Gasteiger partial charge in [-0.1, -0.05) is 109 Å². The lowest BCUT2D eigenvalue weighted by Gasteiger charge is -2.14. The largest absolute Gasteiger partial charge is 0.456 e. The molecule has 0 saturated heterocycles. The van der Waals surface area contributed by atoms with Crippen molar-refractivity contribution in [3.8, 4) is 22.3 Å². The summed E-state index contributed by atoms with van der Waals surface area (Å²) in [5.74, 6) is 0. The predicted molar refractivity (Wildman–Crippen MR) is 166 cm³/mol. The molecule has 0 spiro atoms. The lowest BCUT2D eigenvalue weighted by atomic mass is 9.89. The zero-order chi connectivity index (χ0) is 25.5. The SMILES string of the molecule is c1ccc2cc3c(cc2c1)oc1ccc(-c2ccc(-c4ccc5ccc6cccc7ccc4c5c67)cc2)cc13. The van der Waals surface area contributed by atoms with Crippen LogP contribution in [0.15, 0.2) is 138 Å². The Morgan fingerprint density at radius 3 is 1.77 bits per heavy atom. The van der Waals surface area contributed by atoms with Crippen LogP contribution in [0.25, 0.3) is 87.3 Å². The summed E-state index contributed by atoms with van der Waals surface area (Å²) < 4.78 is 6.22. The summed E-state index contributed by atoms with van der Waals surface area (Å²) in [6, 6.07) is 48.5. The Labute approximate surface area is 224 Å². The van der Waals surface area contributed by atoms with Gasteiger partial charge in [-0.05, 0) is 89.6 Å². The highest BCUT2D eigenvalue weighted by atomic mass is 16.3. The van der Waals surface area contributed by atoms with Crippen LogP contribution >= 0.6 is 0 Å². The van der Waals surface area contributed by atoms with Gasteiger partial charge in [0.15, 0.2) is 0 Å². The minimum Gasteiger partial charge on any atom is -0.456 e. The number of hydrogen-bond acceptors (Lipinski definition) is 1. The van der Waals surface area contributed by atoms with Crippen LogP contribution in [0.4, 0.5) is 0 Å². The third-order valence-electron chi connectivity index (χ3n) is 8.40. The molecule has 0 bridgehead atoms.